The summed E-state index contributed by atoms with van der Waals surface area (Å²) >= 11 is 0. The summed E-state index contributed by atoms with van der Waals surface area (Å²) in [5.74, 6) is 0. The lowest BCUT2D eigenvalue weighted by atomic mass is 9.84. The van der Waals surface area contributed by atoms with E-state index in [1.165, 1.54) is 19.3 Å². The van der Waals surface area contributed by atoms with E-state index in [0.29, 0.717) is 6.61 Å². The Labute approximate surface area is 69.0 Å². The minimum absolute atomic E-state index is 0.271. The highest BCUT2D eigenvalue weighted by Gasteiger charge is 2.28. The van der Waals surface area contributed by atoms with Crippen molar-refractivity contribution in [1.82, 2.24) is 5.32 Å². The van der Waals surface area contributed by atoms with Crippen molar-refractivity contribution in [3.05, 3.63) is 0 Å². The average molecular weight is 157 g/mol. The summed E-state index contributed by atoms with van der Waals surface area (Å²) < 4.78 is 0. The van der Waals surface area contributed by atoms with Crippen molar-refractivity contribution in [1.29, 1.82) is 0 Å². The number of nitrogens with one attached hydrogen (secondary N) is 1. The van der Waals surface area contributed by atoms with E-state index in [1.54, 1.807) is 0 Å². The Balaban J connectivity index is 2.42. The minimum atomic E-state index is 0.271. The Hall–Kier alpha value is -0.0800. The van der Waals surface area contributed by atoms with Crippen molar-refractivity contribution in [2.24, 2.45) is 0 Å². The lowest BCUT2D eigenvalue weighted by Gasteiger charge is -2.37. The van der Waals surface area contributed by atoms with E-state index in [-0.39, 0.29) is 5.54 Å². The van der Waals surface area contributed by atoms with Crippen LogP contribution in [0.5, 0.6) is 0 Å². The molecule has 0 saturated carbocycles. The number of aliphatic hydroxyl groups excluding tert-OH is 1. The maximum atomic E-state index is 8.87. The zero-order valence-electron chi connectivity index (χ0n) is 7.40. The van der Waals surface area contributed by atoms with Gasteiger partial charge in [-0.15, -0.1) is 0 Å². The van der Waals surface area contributed by atoms with Gasteiger partial charge in [-0.2, -0.15) is 0 Å². The molecule has 1 atom stereocenters. The summed E-state index contributed by atoms with van der Waals surface area (Å²) in [4.78, 5) is 0. The van der Waals surface area contributed by atoms with E-state index in [4.69, 9.17) is 5.11 Å². The molecule has 1 fully saturated rings. The molecule has 0 amide bonds. The van der Waals surface area contributed by atoms with Gasteiger partial charge in [-0.1, -0.05) is 13.3 Å². The molecule has 66 valence electrons. The van der Waals surface area contributed by atoms with E-state index in [2.05, 4.69) is 12.2 Å². The standard InChI is InChI=1S/C9H19NO/c1-2-9(6-8-11)5-3-4-7-10-9/h10-11H,2-8H2,1H3. The summed E-state index contributed by atoms with van der Waals surface area (Å²) in [5, 5.41) is 12.4. The van der Waals surface area contributed by atoms with Crippen molar-refractivity contribution in [3.63, 3.8) is 0 Å². The largest absolute Gasteiger partial charge is 0.396 e. The molecule has 1 heterocycles. The monoisotopic (exact) mass is 157 g/mol. The molecule has 2 nitrogen and oxygen atoms in total. The Kier molecular flexibility index (Phi) is 3.34. The SMILES string of the molecule is CCC1(CCO)CCCCN1. The van der Waals surface area contributed by atoms with Crippen LogP contribution in [0.25, 0.3) is 0 Å². The van der Waals surface area contributed by atoms with Crippen molar-refractivity contribution in [2.45, 2.75) is 44.6 Å². The molecule has 1 rings (SSSR count). The molecule has 0 spiro atoms. The summed E-state index contributed by atoms with van der Waals surface area (Å²) in [6.45, 7) is 3.66. The number of hydrogen-bond acceptors (Lipinski definition) is 2. The third-order valence-electron chi connectivity index (χ3n) is 2.85. The van der Waals surface area contributed by atoms with Gasteiger partial charge < -0.3 is 10.4 Å². The van der Waals surface area contributed by atoms with Crippen LogP contribution < -0.4 is 5.32 Å². The van der Waals surface area contributed by atoms with Crippen LogP contribution in [-0.4, -0.2) is 23.8 Å². The topological polar surface area (TPSA) is 32.3 Å². The smallest absolute Gasteiger partial charge is 0.0448 e. The third kappa shape index (κ3) is 2.17. The number of rotatable bonds is 3. The molecule has 1 aliphatic rings. The summed E-state index contributed by atoms with van der Waals surface area (Å²) in [5.41, 5.74) is 0.271. The Morgan fingerprint density at radius 3 is 2.73 bits per heavy atom. The Morgan fingerprint density at radius 1 is 1.45 bits per heavy atom. The van der Waals surface area contributed by atoms with Crippen LogP contribution in [0.2, 0.25) is 0 Å². The number of hydrogen-bond donors (Lipinski definition) is 2. The second-order valence-corrected chi connectivity index (χ2v) is 3.49. The van der Waals surface area contributed by atoms with Crippen LogP contribution in [0.1, 0.15) is 39.0 Å². The van der Waals surface area contributed by atoms with Gasteiger partial charge in [-0.25, -0.2) is 0 Å². The van der Waals surface area contributed by atoms with Crippen LogP contribution in [0.3, 0.4) is 0 Å². The van der Waals surface area contributed by atoms with E-state index in [1.807, 2.05) is 0 Å². The molecule has 0 aromatic carbocycles. The second kappa shape index (κ2) is 4.07. The van der Waals surface area contributed by atoms with Gasteiger partial charge in [0.25, 0.3) is 0 Å². The van der Waals surface area contributed by atoms with E-state index >= 15 is 0 Å². The molecular weight excluding hydrogens is 138 g/mol. The molecule has 2 heteroatoms. The molecular formula is C9H19NO. The first-order valence-corrected chi connectivity index (χ1v) is 4.69. The highest BCUT2D eigenvalue weighted by Crippen LogP contribution is 2.25. The molecule has 11 heavy (non-hydrogen) atoms. The average Bonchev–Trinajstić information content (AvgIpc) is 2.07. The maximum Gasteiger partial charge on any atom is 0.0448 e. The minimum Gasteiger partial charge on any atom is -0.396 e. The first kappa shape index (κ1) is 9.01. The molecule has 2 N–H and O–H groups in total. The summed E-state index contributed by atoms with van der Waals surface area (Å²) in [6.07, 6.45) is 5.93. The predicted molar refractivity (Wildman–Crippen MR) is 46.6 cm³/mol. The Bertz CT molecular complexity index is 103. The molecule has 1 aliphatic heterocycles. The number of aliphatic hydroxyl groups is 1. The van der Waals surface area contributed by atoms with Gasteiger partial charge in [0.1, 0.15) is 0 Å². The highest BCUT2D eigenvalue weighted by atomic mass is 16.3. The molecule has 0 aliphatic carbocycles. The molecule has 1 saturated heterocycles. The number of piperidine rings is 1. The first-order chi connectivity index (χ1) is 5.33. The van der Waals surface area contributed by atoms with Gasteiger partial charge in [-0.05, 0) is 32.2 Å². The zero-order valence-corrected chi connectivity index (χ0v) is 7.40. The van der Waals surface area contributed by atoms with Gasteiger partial charge in [-0.3, -0.25) is 0 Å². The van der Waals surface area contributed by atoms with E-state index < -0.39 is 0 Å². The first-order valence-electron chi connectivity index (χ1n) is 4.69. The van der Waals surface area contributed by atoms with Gasteiger partial charge in [0.15, 0.2) is 0 Å². The van der Waals surface area contributed by atoms with Crippen LogP contribution >= 0.6 is 0 Å². The lowest BCUT2D eigenvalue weighted by Crippen LogP contribution is -2.48. The third-order valence-corrected chi connectivity index (χ3v) is 2.85. The van der Waals surface area contributed by atoms with Crippen molar-refractivity contribution >= 4 is 0 Å². The summed E-state index contributed by atoms with van der Waals surface area (Å²) in [6, 6.07) is 0. The van der Waals surface area contributed by atoms with Crippen LogP contribution in [0.15, 0.2) is 0 Å². The molecule has 1 unspecified atom stereocenters. The van der Waals surface area contributed by atoms with Gasteiger partial charge in [0.05, 0.1) is 0 Å². The fraction of sp³-hybridized carbons (Fsp3) is 1.00. The lowest BCUT2D eigenvalue weighted by molar-refractivity contribution is 0.173. The molecule has 0 aromatic rings. The van der Waals surface area contributed by atoms with Gasteiger partial charge in [0.2, 0.25) is 0 Å². The van der Waals surface area contributed by atoms with E-state index in [0.717, 1.165) is 19.4 Å². The normalized spacial score (nSPS) is 32.2. The predicted octanol–water partition coefficient (Wildman–Crippen LogP) is 1.29. The van der Waals surface area contributed by atoms with Crippen molar-refractivity contribution in [3.8, 4) is 0 Å². The van der Waals surface area contributed by atoms with Crippen LogP contribution in [0.4, 0.5) is 0 Å². The van der Waals surface area contributed by atoms with Gasteiger partial charge in [0, 0.05) is 12.1 Å². The molecule has 0 radical (unpaired) electrons. The highest BCUT2D eigenvalue weighted by molar-refractivity contribution is 4.89. The van der Waals surface area contributed by atoms with Gasteiger partial charge >= 0.3 is 0 Å². The second-order valence-electron chi connectivity index (χ2n) is 3.49. The van der Waals surface area contributed by atoms with Crippen LogP contribution in [-0.2, 0) is 0 Å². The maximum absolute atomic E-state index is 8.87. The van der Waals surface area contributed by atoms with E-state index in [9.17, 15) is 0 Å². The fourth-order valence-electron chi connectivity index (χ4n) is 1.94. The van der Waals surface area contributed by atoms with Crippen molar-refractivity contribution in [2.75, 3.05) is 13.2 Å². The molecule has 0 aromatic heterocycles. The zero-order chi connectivity index (χ0) is 8.16. The molecule has 0 bridgehead atoms. The summed E-state index contributed by atoms with van der Waals surface area (Å²) in [7, 11) is 0. The van der Waals surface area contributed by atoms with Crippen molar-refractivity contribution < 1.29 is 5.11 Å². The van der Waals surface area contributed by atoms with Crippen LogP contribution in [0, 0.1) is 0 Å². The Morgan fingerprint density at radius 2 is 2.27 bits per heavy atom. The fourth-order valence-corrected chi connectivity index (χ4v) is 1.94. The quantitative estimate of drug-likeness (QED) is 0.647.